The lowest BCUT2D eigenvalue weighted by molar-refractivity contribution is -0.155. The molecule has 0 aromatic heterocycles. The molecule has 0 spiro atoms. The van der Waals surface area contributed by atoms with Crippen LogP contribution in [0.25, 0.3) is 0 Å². The molecule has 19 heavy (non-hydrogen) atoms. The predicted molar refractivity (Wildman–Crippen MR) is 71.6 cm³/mol. The van der Waals surface area contributed by atoms with Gasteiger partial charge in [0.15, 0.2) is 0 Å². The zero-order chi connectivity index (χ0) is 13.7. The van der Waals surface area contributed by atoms with E-state index in [0.717, 1.165) is 45.1 Å². The summed E-state index contributed by atoms with van der Waals surface area (Å²) in [6.07, 6.45) is 6.96. The van der Waals surface area contributed by atoms with E-state index in [1.165, 1.54) is 13.5 Å². The lowest BCUT2D eigenvalue weighted by atomic mass is 10.00. The van der Waals surface area contributed by atoms with Crippen LogP contribution in [0.1, 0.15) is 44.9 Å². The Hall–Kier alpha value is -1.10. The second-order valence-corrected chi connectivity index (χ2v) is 5.42. The van der Waals surface area contributed by atoms with E-state index in [1.54, 1.807) is 4.90 Å². The summed E-state index contributed by atoms with van der Waals surface area (Å²) >= 11 is 0. The molecule has 0 bridgehead atoms. The molecule has 2 fully saturated rings. The molecule has 2 aliphatic heterocycles. The molecule has 2 aliphatic rings. The highest BCUT2D eigenvalue weighted by atomic mass is 16.5. The molecule has 1 amide bonds. The highest BCUT2D eigenvalue weighted by Gasteiger charge is 2.35. The van der Waals surface area contributed by atoms with Crippen LogP contribution in [-0.2, 0) is 14.3 Å². The van der Waals surface area contributed by atoms with Gasteiger partial charge >= 0.3 is 5.97 Å². The van der Waals surface area contributed by atoms with Gasteiger partial charge in [-0.2, -0.15) is 0 Å². The first-order chi connectivity index (χ1) is 9.24. The van der Waals surface area contributed by atoms with Crippen LogP contribution >= 0.6 is 0 Å². The monoisotopic (exact) mass is 268 g/mol. The van der Waals surface area contributed by atoms with Crippen LogP contribution in [0.4, 0.5) is 0 Å². The zero-order valence-corrected chi connectivity index (χ0v) is 11.7. The second-order valence-electron chi connectivity index (χ2n) is 5.42. The molecule has 0 saturated carbocycles. The van der Waals surface area contributed by atoms with Crippen molar-refractivity contribution < 1.29 is 14.3 Å². The minimum absolute atomic E-state index is 0.0806. The molecule has 108 valence electrons. The Morgan fingerprint density at radius 1 is 1.11 bits per heavy atom. The summed E-state index contributed by atoms with van der Waals surface area (Å²) in [6, 6.07) is -0.496. The minimum Gasteiger partial charge on any atom is -0.467 e. The smallest absolute Gasteiger partial charge is 0.328 e. The van der Waals surface area contributed by atoms with Crippen molar-refractivity contribution in [2.45, 2.75) is 57.0 Å². The lowest BCUT2D eigenvalue weighted by Crippen LogP contribution is -2.54. The van der Waals surface area contributed by atoms with E-state index in [2.05, 4.69) is 5.32 Å². The third kappa shape index (κ3) is 3.47. The van der Waals surface area contributed by atoms with E-state index in [1.807, 2.05) is 0 Å². The number of amides is 1. The van der Waals surface area contributed by atoms with Crippen LogP contribution < -0.4 is 5.32 Å². The second kappa shape index (κ2) is 6.89. The summed E-state index contributed by atoms with van der Waals surface area (Å²) in [7, 11) is 1.39. The van der Waals surface area contributed by atoms with Crippen LogP contribution in [-0.4, -0.2) is 49.1 Å². The summed E-state index contributed by atoms with van der Waals surface area (Å²) in [4.78, 5) is 26.1. The third-order valence-corrected chi connectivity index (χ3v) is 4.12. The molecule has 5 nitrogen and oxygen atoms in total. The van der Waals surface area contributed by atoms with Gasteiger partial charge in [0, 0.05) is 6.54 Å². The van der Waals surface area contributed by atoms with Gasteiger partial charge in [-0.25, -0.2) is 4.79 Å². The van der Waals surface area contributed by atoms with Crippen molar-refractivity contribution in [1.82, 2.24) is 10.2 Å². The first-order valence-electron chi connectivity index (χ1n) is 7.35. The Bertz CT molecular complexity index is 325. The van der Waals surface area contributed by atoms with E-state index in [4.69, 9.17) is 4.74 Å². The first kappa shape index (κ1) is 14.3. The molecular weight excluding hydrogens is 244 g/mol. The predicted octanol–water partition coefficient (Wildman–Crippen LogP) is 1.07. The number of nitrogens with one attached hydrogen (secondary N) is 1. The van der Waals surface area contributed by atoms with E-state index >= 15 is 0 Å². The summed E-state index contributed by atoms with van der Waals surface area (Å²) in [5.41, 5.74) is 0. The third-order valence-electron chi connectivity index (χ3n) is 4.12. The highest BCUT2D eigenvalue weighted by Crippen LogP contribution is 2.21. The number of nitrogens with zero attached hydrogens (tertiary/aromatic N) is 1. The molecular formula is C14H24N2O3. The molecule has 2 heterocycles. The normalized spacial score (nSPS) is 28.6. The number of esters is 1. The van der Waals surface area contributed by atoms with Gasteiger partial charge < -0.3 is 15.0 Å². The number of carbonyl (C=O) groups is 2. The fraction of sp³-hybridized carbons (Fsp3) is 0.857. The number of piperidine rings is 1. The summed E-state index contributed by atoms with van der Waals surface area (Å²) in [5, 5.41) is 3.31. The molecule has 0 aliphatic carbocycles. The van der Waals surface area contributed by atoms with E-state index in [0.29, 0.717) is 6.54 Å². The molecule has 2 atom stereocenters. The quantitative estimate of drug-likeness (QED) is 0.761. The van der Waals surface area contributed by atoms with Crippen molar-refractivity contribution in [2.75, 3.05) is 20.2 Å². The number of rotatable bonds is 2. The fourth-order valence-corrected chi connectivity index (χ4v) is 3.02. The lowest BCUT2D eigenvalue weighted by Gasteiger charge is -2.36. The largest absolute Gasteiger partial charge is 0.467 e. The number of hydrogen-bond donors (Lipinski definition) is 1. The number of methoxy groups -OCH3 is 1. The van der Waals surface area contributed by atoms with Gasteiger partial charge in [-0.05, 0) is 38.6 Å². The number of hydrogen-bond acceptors (Lipinski definition) is 4. The fourth-order valence-electron chi connectivity index (χ4n) is 3.02. The van der Waals surface area contributed by atoms with Gasteiger partial charge in [-0.3, -0.25) is 4.79 Å². The van der Waals surface area contributed by atoms with Crippen LogP contribution in [0.5, 0.6) is 0 Å². The van der Waals surface area contributed by atoms with Crippen LogP contribution in [0.15, 0.2) is 0 Å². The minimum atomic E-state index is -0.378. The van der Waals surface area contributed by atoms with Crippen molar-refractivity contribution in [3.05, 3.63) is 0 Å². The summed E-state index contributed by atoms with van der Waals surface area (Å²) in [6.45, 7) is 1.57. The molecule has 0 aromatic carbocycles. The molecule has 2 rings (SSSR count). The van der Waals surface area contributed by atoms with E-state index < -0.39 is 0 Å². The average Bonchev–Trinajstić information content (AvgIpc) is 2.74. The zero-order valence-electron chi connectivity index (χ0n) is 11.7. The maximum Gasteiger partial charge on any atom is 0.328 e. The van der Waals surface area contributed by atoms with Crippen LogP contribution in [0, 0.1) is 0 Å². The number of likely N-dealkylation sites (tertiary alicyclic amines) is 1. The van der Waals surface area contributed by atoms with Crippen molar-refractivity contribution >= 4 is 11.9 Å². The average molecular weight is 268 g/mol. The van der Waals surface area contributed by atoms with Gasteiger partial charge in [-0.1, -0.05) is 12.8 Å². The number of ether oxygens (including phenoxy) is 1. The maximum atomic E-state index is 12.6. The highest BCUT2D eigenvalue weighted by molar-refractivity contribution is 5.87. The van der Waals surface area contributed by atoms with Crippen molar-refractivity contribution in [3.63, 3.8) is 0 Å². The Morgan fingerprint density at radius 2 is 1.89 bits per heavy atom. The Labute approximate surface area is 114 Å². The van der Waals surface area contributed by atoms with Crippen molar-refractivity contribution in [3.8, 4) is 0 Å². The van der Waals surface area contributed by atoms with E-state index in [9.17, 15) is 9.59 Å². The molecule has 2 unspecified atom stereocenters. The van der Waals surface area contributed by atoms with Gasteiger partial charge in [0.25, 0.3) is 0 Å². The number of carbonyl (C=O) groups excluding carboxylic acids is 2. The Balaban J connectivity index is 2.03. The molecule has 5 heteroatoms. The first-order valence-corrected chi connectivity index (χ1v) is 7.35. The van der Waals surface area contributed by atoms with Crippen LogP contribution in [0.2, 0.25) is 0 Å². The molecule has 0 radical (unpaired) electrons. The topological polar surface area (TPSA) is 58.6 Å². The maximum absolute atomic E-state index is 12.6. The Kier molecular flexibility index (Phi) is 5.19. The van der Waals surface area contributed by atoms with Crippen LogP contribution in [0.3, 0.4) is 0 Å². The Morgan fingerprint density at radius 3 is 2.68 bits per heavy atom. The summed E-state index contributed by atoms with van der Waals surface area (Å²) < 4.78 is 4.83. The van der Waals surface area contributed by atoms with Gasteiger partial charge in [-0.15, -0.1) is 0 Å². The van der Waals surface area contributed by atoms with Crippen molar-refractivity contribution in [1.29, 1.82) is 0 Å². The molecule has 1 N–H and O–H groups in total. The van der Waals surface area contributed by atoms with Gasteiger partial charge in [0.2, 0.25) is 5.91 Å². The SMILES string of the molecule is COC(=O)C1CCCCN1C(=O)C1CCCCCN1. The van der Waals surface area contributed by atoms with E-state index in [-0.39, 0.29) is 24.0 Å². The van der Waals surface area contributed by atoms with Gasteiger partial charge in [0.05, 0.1) is 13.2 Å². The summed E-state index contributed by atoms with van der Waals surface area (Å²) in [5.74, 6) is -0.196. The van der Waals surface area contributed by atoms with Gasteiger partial charge in [0.1, 0.15) is 6.04 Å². The van der Waals surface area contributed by atoms with Crippen molar-refractivity contribution in [2.24, 2.45) is 0 Å². The molecule has 2 saturated heterocycles. The molecule has 0 aromatic rings. The standard InChI is InChI=1S/C14H24N2O3/c1-19-14(18)12-8-4-6-10-16(12)13(17)11-7-3-2-5-9-15-11/h11-12,15H,2-10H2,1H3.